The predicted octanol–water partition coefficient (Wildman–Crippen LogP) is 3.46. The molecule has 1 aromatic heterocycles. The number of hydrogen-bond acceptors (Lipinski definition) is 11. The van der Waals surface area contributed by atoms with Crippen molar-refractivity contribution in [1.82, 2.24) is 10.2 Å². The molecule has 0 aliphatic carbocycles. The number of carbonyl (C=O) groups excluding carboxylic acids is 1. The van der Waals surface area contributed by atoms with Gasteiger partial charge in [-0.25, -0.2) is 13.4 Å². The highest BCUT2D eigenvalue weighted by atomic mass is 32.2. The molecule has 3 aromatic carbocycles. The van der Waals surface area contributed by atoms with Crippen LogP contribution in [0.1, 0.15) is 40.6 Å². The lowest BCUT2D eigenvalue weighted by molar-refractivity contribution is -0.264. The normalized spacial score (nSPS) is 15.8. The molecule has 2 heterocycles. The Hall–Kier alpha value is -3.68. The third-order valence-corrected chi connectivity index (χ3v) is 12.0. The van der Waals surface area contributed by atoms with Crippen LogP contribution in [-0.2, 0) is 45.7 Å². The van der Waals surface area contributed by atoms with Crippen molar-refractivity contribution in [2.75, 3.05) is 19.5 Å². The molecule has 3 N–H and O–H groups in total. The number of aryl methyl sites for hydroxylation is 2. The number of ether oxygens (including phenoxy) is 1. The Kier molecular flexibility index (Phi) is 8.91. The predicted molar refractivity (Wildman–Crippen MR) is 168 cm³/mol. The number of nitrogens with zero attached hydrogens (tertiary/aromatic N) is 2. The van der Waals surface area contributed by atoms with Crippen LogP contribution in [-0.4, -0.2) is 62.4 Å². The topological polar surface area (TPSA) is 166 Å². The van der Waals surface area contributed by atoms with Crippen molar-refractivity contribution in [2.45, 2.75) is 41.9 Å². The highest BCUT2D eigenvalue weighted by molar-refractivity contribution is 7.92. The molecule has 0 saturated carbocycles. The first-order valence-electron chi connectivity index (χ1n) is 13.7. The summed E-state index contributed by atoms with van der Waals surface area (Å²) in [6, 6.07) is 18.7. The Morgan fingerprint density at radius 2 is 1.69 bits per heavy atom. The number of nitrogens with two attached hydrogens (primary N) is 1. The quantitative estimate of drug-likeness (QED) is 0.153. The molecule has 1 aliphatic heterocycles. The van der Waals surface area contributed by atoms with Crippen LogP contribution in [0.4, 0.5) is 0 Å². The van der Waals surface area contributed by atoms with E-state index in [1.165, 1.54) is 35.6 Å². The lowest BCUT2D eigenvalue weighted by Gasteiger charge is -2.38. The number of benzene rings is 3. The van der Waals surface area contributed by atoms with Crippen LogP contribution in [0, 0.1) is 18.8 Å². The first-order valence-corrected chi connectivity index (χ1v) is 17.8. The Balaban J connectivity index is 1.29. The molecule has 236 valence electrons. The van der Waals surface area contributed by atoms with Gasteiger partial charge in [-0.1, -0.05) is 46.9 Å². The van der Waals surface area contributed by atoms with Gasteiger partial charge in [0.25, 0.3) is 5.91 Å². The van der Waals surface area contributed by atoms with Crippen molar-refractivity contribution < 1.29 is 35.9 Å². The van der Waals surface area contributed by atoms with Gasteiger partial charge in [-0.3, -0.25) is 10.0 Å². The molecule has 0 bridgehead atoms. The second kappa shape index (κ2) is 12.3. The molecule has 0 radical (unpaired) electrons. The van der Waals surface area contributed by atoms with Gasteiger partial charge in [-0.05, 0) is 68.3 Å². The maximum atomic E-state index is 13.2. The minimum Gasteiger partial charge on any atom is -0.377 e. The van der Waals surface area contributed by atoms with E-state index < -0.39 is 41.4 Å². The van der Waals surface area contributed by atoms with E-state index in [1.54, 1.807) is 13.0 Å². The number of hydroxylamine groups is 2. The average Bonchev–Trinajstić information content (AvgIpc) is 3.39. The van der Waals surface area contributed by atoms with Crippen LogP contribution in [0.2, 0.25) is 0 Å². The second-order valence-corrected chi connectivity index (χ2v) is 16.3. The van der Waals surface area contributed by atoms with Gasteiger partial charge in [0.1, 0.15) is 0 Å². The van der Waals surface area contributed by atoms with Crippen LogP contribution < -0.4 is 5.73 Å². The third kappa shape index (κ3) is 6.95. The van der Waals surface area contributed by atoms with E-state index in [-0.39, 0.29) is 17.7 Å². The van der Waals surface area contributed by atoms with Crippen LogP contribution in [0.15, 0.2) is 71.6 Å². The maximum absolute atomic E-state index is 13.2. The summed E-state index contributed by atoms with van der Waals surface area (Å²) in [5, 5.41) is 10.3. The van der Waals surface area contributed by atoms with E-state index in [4.69, 9.17) is 10.5 Å². The van der Waals surface area contributed by atoms with E-state index in [0.717, 1.165) is 40.1 Å². The Morgan fingerprint density at radius 3 is 2.29 bits per heavy atom. The number of amides is 1. The minimum atomic E-state index is -4.62. The summed E-state index contributed by atoms with van der Waals surface area (Å²) in [6.45, 7) is 3.84. The molecular weight excluding hydrogens is 639 g/mol. The van der Waals surface area contributed by atoms with Crippen molar-refractivity contribution in [3.63, 3.8) is 0 Å². The smallest absolute Gasteiger partial charge is 0.319 e. The van der Waals surface area contributed by atoms with E-state index in [9.17, 15) is 26.8 Å². The van der Waals surface area contributed by atoms with E-state index in [2.05, 4.69) is 21.1 Å². The fraction of sp³-hybridized carbons (Fsp3) is 0.290. The largest absolute Gasteiger partial charge is 0.377 e. The monoisotopic (exact) mass is 669 g/mol. The third-order valence-electron chi connectivity index (χ3n) is 7.70. The molecule has 45 heavy (non-hydrogen) atoms. The number of fused-ring (bicyclic) bond motifs is 1. The fourth-order valence-corrected chi connectivity index (χ4v) is 7.23. The zero-order chi connectivity index (χ0) is 32.6. The molecule has 1 saturated heterocycles. The average molecular weight is 670 g/mol. The van der Waals surface area contributed by atoms with Gasteiger partial charge in [0.2, 0.25) is 0 Å². The Bertz CT molecular complexity index is 2030. The second-order valence-electron chi connectivity index (χ2n) is 11.2. The van der Waals surface area contributed by atoms with Crippen LogP contribution in [0.3, 0.4) is 0 Å². The van der Waals surface area contributed by atoms with Gasteiger partial charge >= 0.3 is 10.1 Å². The molecule has 0 spiro atoms. The summed E-state index contributed by atoms with van der Waals surface area (Å²) >= 11 is 1.31. The van der Waals surface area contributed by atoms with Gasteiger partial charge in [0.05, 0.1) is 38.9 Å². The summed E-state index contributed by atoms with van der Waals surface area (Å²) in [5.41, 5.74) is 9.86. The molecule has 1 unspecified atom stereocenters. The van der Waals surface area contributed by atoms with Gasteiger partial charge in [-0.2, -0.15) is 8.42 Å². The zero-order valence-electron chi connectivity index (χ0n) is 24.7. The van der Waals surface area contributed by atoms with Crippen LogP contribution in [0.5, 0.6) is 0 Å². The molecule has 5 rings (SSSR count). The van der Waals surface area contributed by atoms with Gasteiger partial charge < -0.3 is 10.5 Å². The summed E-state index contributed by atoms with van der Waals surface area (Å²) in [5.74, 6) is 4.82. The summed E-state index contributed by atoms with van der Waals surface area (Å²) in [4.78, 5) is 17.4. The van der Waals surface area contributed by atoms with Crippen LogP contribution in [0.25, 0.3) is 10.2 Å². The number of sulfone groups is 1. The van der Waals surface area contributed by atoms with Crippen molar-refractivity contribution in [2.24, 2.45) is 5.73 Å². The number of carbonyl (C=O) groups is 1. The lowest BCUT2D eigenvalue weighted by Crippen LogP contribution is -2.54. The van der Waals surface area contributed by atoms with Crippen molar-refractivity contribution in [3.8, 4) is 11.8 Å². The number of thiazole rings is 1. The highest BCUT2D eigenvalue weighted by Crippen LogP contribution is 2.30. The fourth-order valence-electron chi connectivity index (χ4n) is 4.55. The SMILES string of the molecule is Cc1ccc(S(=O)(=O)ON(O)C(=O)C(C)(CCc2nc3ccc(C#Cc4ccc(C5(N)COC5)cc4)cc3s2)S(C)(=O)=O)cc1. The molecule has 1 atom stereocenters. The van der Waals surface area contributed by atoms with Crippen molar-refractivity contribution in [3.05, 3.63) is 94.0 Å². The van der Waals surface area contributed by atoms with Crippen molar-refractivity contribution in [1.29, 1.82) is 0 Å². The van der Waals surface area contributed by atoms with Gasteiger partial charge in [-0.15, -0.1) is 15.6 Å². The van der Waals surface area contributed by atoms with E-state index >= 15 is 0 Å². The summed E-state index contributed by atoms with van der Waals surface area (Å²) < 4.78 is 59.1. The maximum Gasteiger partial charge on any atom is 0.319 e. The van der Waals surface area contributed by atoms with Crippen LogP contribution >= 0.6 is 11.3 Å². The standard InChI is InChI=1S/C31H31N3O8S3/c1-21-4-13-25(14-5-21)45(39,40)42-34(36)29(35)30(2,44(3,37)38)17-16-28-33-26-15-10-23(18-27(26)43-28)7-6-22-8-11-24(12-9-22)31(32)19-41-20-31/h4-5,8-15,18,36H,16-17,19-20,32H2,1-3H3. The Labute approximate surface area is 265 Å². The molecule has 4 aromatic rings. The number of rotatable bonds is 9. The van der Waals surface area contributed by atoms with Gasteiger partial charge in [0.15, 0.2) is 14.6 Å². The Morgan fingerprint density at radius 1 is 1.07 bits per heavy atom. The lowest BCUT2D eigenvalue weighted by atomic mass is 9.89. The first kappa shape index (κ1) is 32.7. The van der Waals surface area contributed by atoms with E-state index in [0.29, 0.717) is 23.7 Å². The molecule has 14 heteroatoms. The summed E-state index contributed by atoms with van der Waals surface area (Å²) in [6.07, 6.45) is 0.586. The van der Waals surface area contributed by atoms with E-state index in [1.807, 2.05) is 36.4 Å². The highest BCUT2D eigenvalue weighted by Gasteiger charge is 2.47. The molecule has 11 nitrogen and oxygen atoms in total. The molecule has 1 fully saturated rings. The minimum absolute atomic E-state index is 0.0498. The zero-order valence-corrected chi connectivity index (χ0v) is 27.1. The van der Waals surface area contributed by atoms with Gasteiger partial charge in [0, 0.05) is 23.8 Å². The van der Waals surface area contributed by atoms with Crippen molar-refractivity contribution >= 4 is 47.4 Å². The molecule has 1 amide bonds. The summed E-state index contributed by atoms with van der Waals surface area (Å²) in [7, 11) is -8.78. The molecular formula is C31H31N3O8S3. The number of aromatic nitrogens is 1. The first-order chi connectivity index (χ1) is 21.1. The number of hydrogen-bond donors (Lipinski definition) is 2. The molecule has 1 aliphatic rings.